The molecule has 0 bridgehead atoms. The van der Waals surface area contributed by atoms with Crippen LogP contribution in [-0.4, -0.2) is 128 Å². The summed E-state index contributed by atoms with van der Waals surface area (Å²) in [5.41, 5.74) is 2.51. The van der Waals surface area contributed by atoms with Crippen LogP contribution in [0.2, 0.25) is 0 Å². The highest BCUT2D eigenvalue weighted by molar-refractivity contribution is 8.08. The first-order valence-corrected chi connectivity index (χ1v) is 17.4. The predicted molar refractivity (Wildman–Crippen MR) is 212 cm³/mol. The van der Waals surface area contributed by atoms with Crippen molar-refractivity contribution >= 4 is 69.1 Å². The molecule has 16 nitrogen and oxygen atoms in total. The molecule has 6 N–H and O–H groups in total. The van der Waals surface area contributed by atoms with E-state index in [2.05, 4.69) is 109 Å². The Bertz CT molecular complexity index is 1670. The van der Waals surface area contributed by atoms with Crippen molar-refractivity contribution in [2.75, 3.05) is 41.3 Å². The highest BCUT2D eigenvalue weighted by Crippen LogP contribution is 2.34. The molecule has 2 aromatic heterocycles. The molecule has 0 radical (unpaired) electrons. The van der Waals surface area contributed by atoms with Gasteiger partial charge in [0.15, 0.2) is 0 Å². The smallest absolute Gasteiger partial charge is 0.414 e. The maximum atomic E-state index is 9.10. The summed E-state index contributed by atoms with van der Waals surface area (Å²) in [7, 11) is 8.32. The van der Waals surface area contributed by atoms with Crippen LogP contribution in [0, 0.1) is 0 Å². The third-order valence-corrected chi connectivity index (χ3v) is 7.96. The fourth-order valence-electron chi connectivity index (χ4n) is 3.24. The molecule has 0 saturated carbocycles. The fraction of sp³-hybridized carbons (Fsp3) is 0.158. The van der Waals surface area contributed by atoms with Gasteiger partial charge in [0.1, 0.15) is 0 Å². The van der Waals surface area contributed by atoms with Gasteiger partial charge < -0.3 is 40.4 Å². The number of likely N-dealkylation sites (N-methyl/N-ethyl adjacent to an activating group) is 2. The first kappa shape index (κ1) is 49.7. The van der Waals surface area contributed by atoms with Gasteiger partial charge in [-0.05, 0) is 63.6 Å². The monoisotopic (exact) mass is 810 g/mol. The number of pyridine rings is 2. The van der Waals surface area contributed by atoms with Crippen molar-refractivity contribution in [2.24, 2.45) is 0 Å². The molecule has 4 aromatic rings. The number of carboxylic acids is 6. The number of carboxylic acid groups (broad SMARTS) is 6. The molecule has 18 heteroatoms. The van der Waals surface area contributed by atoms with Crippen LogP contribution in [0.4, 0.5) is 0 Å². The van der Waals surface area contributed by atoms with Gasteiger partial charge in [0.05, 0.1) is 0 Å². The number of nitrogens with zero attached hydrogens (tertiary/aromatic N) is 4. The lowest BCUT2D eigenvalue weighted by atomic mass is 10.2. The Labute approximate surface area is 331 Å². The molecule has 0 fully saturated rings. The van der Waals surface area contributed by atoms with E-state index < -0.39 is 35.8 Å². The maximum absolute atomic E-state index is 9.10. The minimum Gasteiger partial charge on any atom is -0.473 e. The molecule has 0 aliphatic carbocycles. The van der Waals surface area contributed by atoms with Gasteiger partial charge in [0.2, 0.25) is 0 Å². The summed E-state index contributed by atoms with van der Waals surface area (Å²) >= 11 is 3.56. The summed E-state index contributed by atoms with van der Waals surface area (Å²) in [6.07, 6.45) is 11.8. The Kier molecular flexibility index (Phi) is 25.8. The molecule has 0 aliphatic heterocycles. The molecule has 0 unspecified atom stereocenters. The summed E-state index contributed by atoms with van der Waals surface area (Å²) < 4.78 is 0. The second-order valence-corrected chi connectivity index (χ2v) is 13.0. The van der Waals surface area contributed by atoms with Crippen LogP contribution in [0.3, 0.4) is 0 Å². The molecule has 0 aliphatic rings. The minimum absolute atomic E-state index is 0.933. The van der Waals surface area contributed by atoms with E-state index in [9.17, 15) is 0 Å². The van der Waals surface area contributed by atoms with E-state index in [0.29, 0.717) is 0 Å². The van der Waals surface area contributed by atoms with E-state index in [1.807, 2.05) is 61.2 Å². The lowest BCUT2D eigenvalue weighted by molar-refractivity contribution is -0.159. The second kappa shape index (κ2) is 29.1. The summed E-state index contributed by atoms with van der Waals surface area (Å²) in [4.78, 5) is 72.0. The predicted octanol–water partition coefficient (Wildman–Crippen LogP) is 5.02. The Morgan fingerprint density at radius 2 is 0.714 bits per heavy atom. The fourth-order valence-corrected chi connectivity index (χ4v) is 5.09. The SMILES string of the molecule is CN(C)CC=C(Sc1ccncc1)c1ccccc1.CN(C)CC=C(Sc1ccncc1)c1ccccc1.O=C(O)C(=O)O.O=C(O)C(=O)O.O=C(O)C(=O)O. The molecule has 0 saturated heterocycles. The van der Waals surface area contributed by atoms with Crippen LogP contribution in [0.1, 0.15) is 11.1 Å². The highest BCUT2D eigenvalue weighted by atomic mass is 32.2. The van der Waals surface area contributed by atoms with Crippen molar-refractivity contribution in [3.63, 3.8) is 0 Å². The molecule has 56 heavy (non-hydrogen) atoms. The normalized spacial score (nSPS) is 10.4. The number of carbonyl (C=O) groups is 6. The lowest BCUT2D eigenvalue weighted by Gasteiger charge is -2.10. The van der Waals surface area contributed by atoms with Gasteiger partial charge in [-0.15, -0.1) is 0 Å². The van der Waals surface area contributed by atoms with Crippen LogP contribution >= 0.6 is 23.5 Å². The molecular formula is C38H42N4O12S2. The molecular weight excluding hydrogens is 769 g/mol. The van der Waals surface area contributed by atoms with E-state index in [1.54, 1.807) is 23.5 Å². The topological polar surface area (TPSA) is 256 Å². The summed E-state index contributed by atoms with van der Waals surface area (Å²) in [6, 6.07) is 29.1. The van der Waals surface area contributed by atoms with Crippen molar-refractivity contribution in [2.45, 2.75) is 9.79 Å². The number of hydrogen-bond acceptors (Lipinski definition) is 12. The van der Waals surface area contributed by atoms with E-state index in [4.69, 9.17) is 59.4 Å². The first-order valence-electron chi connectivity index (χ1n) is 15.8. The molecule has 0 atom stereocenters. The molecule has 0 spiro atoms. The van der Waals surface area contributed by atoms with Gasteiger partial charge in [0, 0.05) is 57.5 Å². The second-order valence-electron chi connectivity index (χ2n) is 10.8. The average Bonchev–Trinajstić information content (AvgIpc) is 3.17. The van der Waals surface area contributed by atoms with Crippen molar-refractivity contribution in [3.05, 3.63) is 133 Å². The number of benzene rings is 2. The number of aliphatic carboxylic acids is 6. The number of rotatable bonds is 10. The summed E-state index contributed by atoms with van der Waals surface area (Å²) in [6.45, 7) is 1.87. The van der Waals surface area contributed by atoms with Gasteiger partial charge in [0.25, 0.3) is 0 Å². The van der Waals surface area contributed by atoms with Gasteiger partial charge in [-0.1, -0.05) is 96.3 Å². The van der Waals surface area contributed by atoms with Crippen LogP contribution in [0.25, 0.3) is 9.81 Å². The van der Waals surface area contributed by atoms with Crippen LogP contribution in [0.5, 0.6) is 0 Å². The van der Waals surface area contributed by atoms with Crippen molar-refractivity contribution in [1.29, 1.82) is 0 Å². The van der Waals surface area contributed by atoms with E-state index >= 15 is 0 Å². The molecule has 0 amide bonds. The third kappa shape index (κ3) is 25.6. The summed E-state index contributed by atoms with van der Waals surface area (Å²) in [5.74, 6) is -10.9. The van der Waals surface area contributed by atoms with E-state index in [1.165, 1.54) is 30.7 Å². The molecule has 2 aromatic carbocycles. The molecule has 4 rings (SSSR count). The zero-order valence-corrected chi connectivity index (χ0v) is 32.3. The number of aromatic nitrogens is 2. The molecule has 298 valence electrons. The van der Waals surface area contributed by atoms with Gasteiger partial charge in [-0.2, -0.15) is 0 Å². The van der Waals surface area contributed by atoms with Crippen LogP contribution in [0.15, 0.2) is 132 Å². The highest BCUT2D eigenvalue weighted by Gasteiger charge is 2.07. The third-order valence-electron chi connectivity index (χ3n) is 5.70. The minimum atomic E-state index is -1.82. The standard InChI is InChI=1S/2C16H18N2S.3C2H2O4/c2*1-18(2)13-10-16(14-6-4-3-5-7-14)19-15-8-11-17-12-9-15;3*3-1(4)2(5)6/h2*3-12H,13H2,1-2H3;3*(H,3,4)(H,5,6). The van der Waals surface area contributed by atoms with Gasteiger partial charge >= 0.3 is 35.8 Å². The van der Waals surface area contributed by atoms with Gasteiger partial charge in [-0.3, -0.25) is 9.97 Å². The van der Waals surface area contributed by atoms with Crippen LogP contribution in [-0.2, 0) is 28.8 Å². The Hall–Kier alpha value is -6.34. The Morgan fingerprint density at radius 3 is 0.929 bits per heavy atom. The van der Waals surface area contributed by atoms with Gasteiger partial charge in [-0.25, -0.2) is 28.8 Å². The number of thioether (sulfide) groups is 2. The largest absolute Gasteiger partial charge is 0.473 e. The summed E-state index contributed by atoms with van der Waals surface area (Å²) in [5, 5.41) is 44.3. The Morgan fingerprint density at radius 1 is 0.464 bits per heavy atom. The first-order chi connectivity index (χ1) is 26.4. The van der Waals surface area contributed by atoms with Crippen molar-refractivity contribution < 1.29 is 59.4 Å². The quantitative estimate of drug-likeness (QED) is 0.0908. The van der Waals surface area contributed by atoms with Crippen LogP contribution < -0.4 is 0 Å². The van der Waals surface area contributed by atoms with Crippen molar-refractivity contribution in [3.8, 4) is 0 Å². The molecule has 2 heterocycles. The van der Waals surface area contributed by atoms with Crippen molar-refractivity contribution in [1.82, 2.24) is 19.8 Å². The number of hydrogen-bond donors (Lipinski definition) is 6. The maximum Gasteiger partial charge on any atom is 0.414 e. The lowest BCUT2D eigenvalue weighted by Crippen LogP contribution is -2.10. The van der Waals surface area contributed by atoms with E-state index in [-0.39, 0.29) is 0 Å². The Balaban J connectivity index is 0.000000760. The van der Waals surface area contributed by atoms with E-state index in [0.717, 1.165) is 13.1 Å². The zero-order valence-electron chi connectivity index (χ0n) is 30.7. The average molecular weight is 811 g/mol. The zero-order chi connectivity index (χ0) is 42.5.